The number of fused-ring (bicyclic) bond motifs is 1. The molecule has 0 bridgehead atoms. The molecule has 0 saturated heterocycles. The summed E-state index contributed by atoms with van der Waals surface area (Å²) in [5.74, 6) is -0.871. The van der Waals surface area contributed by atoms with Gasteiger partial charge in [0, 0.05) is 11.6 Å². The highest BCUT2D eigenvalue weighted by atomic mass is 79.9. The number of carboxylic acids is 1. The smallest absolute Gasteiger partial charge is 0.328 e. The molecule has 0 saturated carbocycles. The quantitative estimate of drug-likeness (QED) is 0.302. The number of ether oxygens (including phenoxy) is 1. The van der Waals surface area contributed by atoms with Crippen LogP contribution in [0.5, 0.6) is 5.75 Å². The molecule has 0 atom stereocenters. The van der Waals surface area contributed by atoms with Crippen molar-refractivity contribution in [3.63, 3.8) is 0 Å². The lowest BCUT2D eigenvalue weighted by Gasteiger charge is -2.38. The predicted molar refractivity (Wildman–Crippen MR) is 139 cm³/mol. The molecule has 0 fully saturated rings. The van der Waals surface area contributed by atoms with Crippen LogP contribution in [0.1, 0.15) is 85.4 Å². The third kappa shape index (κ3) is 6.26. The second-order valence-corrected chi connectivity index (χ2v) is 11.4. The summed E-state index contributed by atoms with van der Waals surface area (Å²) in [6, 6.07) is 2.05. The Kier molecular flexibility index (Phi) is 8.22. The van der Waals surface area contributed by atoms with Crippen LogP contribution in [0.25, 0.3) is 11.1 Å². The molecule has 0 radical (unpaired) electrons. The van der Waals surface area contributed by atoms with Crippen LogP contribution < -0.4 is 4.74 Å². The van der Waals surface area contributed by atoms with Gasteiger partial charge in [0.25, 0.3) is 0 Å². The standard InChI is InChI=1S/C28H36BrFO3/c1-16(2)33-26-19(18(4)22(30)11-10-17(3)14-23(31)32)15-20-21(27(5,6)7)12-13-28(8,9)24(20)25(26)29/h10-12,14-16H,13H2,1-9H3,(H,31,32)/b11-10+,17-14+,22-18+. The molecule has 0 amide bonds. The Morgan fingerprint density at radius 2 is 1.85 bits per heavy atom. The SMILES string of the molecule is CC(/C=C/C(F)=C(/C)c1cc2c(c(Br)c1OC(C)C)C(C)(C)CC=C2C(C)(C)C)=C\C(=O)O. The van der Waals surface area contributed by atoms with Crippen molar-refractivity contribution in [2.24, 2.45) is 5.41 Å². The largest absolute Gasteiger partial charge is 0.489 e. The van der Waals surface area contributed by atoms with Gasteiger partial charge in [-0.05, 0) is 101 Å². The molecular formula is C28H36BrFO3. The van der Waals surface area contributed by atoms with E-state index >= 15 is 4.39 Å². The van der Waals surface area contributed by atoms with Crippen molar-refractivity contribution in [2.45, 2.75) is 80.3 Å². The van der Waals surface area contributed by atoms with Gasteiger partial charge in [-0.25, -0.2) is 9.18 Å². The van der Waals surface area contributed by atoms with Gasteiger partial charge >= 0.3 is 5.97 Å². The Morgan fingerprint density at radius 1 is 1.24 bits per heavy atom. The normalized spacial score (nSPS) is 17.1. The summed E-state index contributed by atoms with van der Waals surface area (Å²) in [5.41, 5.74) is 4.92. The highest BCUT2D eigenvalue weighted by molar-refractivity contribution is 9.10. The first-order valence-electron chi connectivity index (χ1n) is 11.3. The Bertz CT molecular complexity index is 1060. The van der Waals surface area contributed by atoms with Gasteiger partial charge in [0.05, 0.1) is 10.6 Å². The van der Waals surface area contributed by atoms with E-state index in [2.05, 4.69) is 62.7 Å². The molecular weight excluding hydrogens is 483 g/mol. The van der Waals surface area contributed by atoms with Crippen LogP contribution in [-0.4, -0.2) is 17.2 Å². The van der Waals surface area contributed by atoms with Crippen LogP contribution in [0.4, 0.5) is 4.39 Å². The van der Waals surface area contributed by atoms with Gasteiger partial charge in [0.2, 0.25) is 0 Å². The molecule has 2 rings (SSSR count). The summed E-state index contributed by atoms with van der Waals surface area (Å²) in [4.78, 5) is 10.9. The van der Waals surface area contributed by atoms with Crippen molar-refractivity contribution in [3.05, 3.63) is 62.9 Å². The maximum Gasteiger partial charge on any atom is 0.328 e. The summed E-state index contributed by atoms with van der Waals surface area (Å²) < 4.78 is 22.4. The van der Waals surface area contributed by atoms with Crippen LogP contribution in [0, 0.1) is 5.41 Å². The first kappa shape index (κ1) is 27.1. The number of carbonyl (C=O) groups is 1. The van der Waals surface area contributed by atoms with E-state index in [1.54, 1.807) is 13.8 Å². The number of allylic oxidation sites excluding steroid dienone is 7. The zero-order chi connectivity index (χ0) is 25.3. The van der Waals surface area contributed by atoms with Gasteiger partial charge in [0.1, 0.15) is 11.6 Å². The number of rotatable bonds is 6. The molecule has 3 nitrogen and oxygen atoms in total. The van der Waals surface area contributed by atoms with E-state index in [1.807, 2.05) is 13.8 Å². The average molecular weight is 519 g/mol. The zero-order valence-electron chi connectivity index (χ0n) is 21.2. The molecule has 1 aliphatic rings. The van der Waals surface area contributed by atoms with E-state index < -0.39 is 11.8 Å². The van der Waals surface area contributed by atoms with Gasteiger partial charge in [-0.3, -0.25) is 0 Å². The number of hydrogen-bond acceptors (Lipinski definition) is 2. The molecule has 5 heteroatoms. The molecule has 180 valence electrons. The highest BCUT2D eigenvalue weighted by Gasteiger charge is 2.36. The fourth-order valence-corrected chi connectivity index (χ4v) is 5.17. The minimum atomic E-state index is -1.06. The molecule has 1 N–H and O–H groups in total. The predicted octanol–water partition coefficient (Wildman–Crippen LogP) is 8.63. The minimum Gasteiger partial charge on any atom is -0.489 e. The van der Waals surface area contributed by atoms with Gasteiger partial charge in [0.15, 0.2) is 0 Å². The lowest BCUT2D eigenvalue weighted by molar-refractivity contribution is -0.131. The highest BCUT2D eigenvalue weighted by Crippen LogP contribution is 2.52. The molecule has 0 spiro atoms. The van der Waals surface area contributed by atoms with E-state index in [0.717, 1.165) is 22.5 Å². The maximum atomic E-state index is 15.3. The van der Waals surface area contributed by atoms with Crippen LogP contribution in [0.15, 0.2) is 46.2 Å². The first-order chi connectivity index (χ1) is 15.1. The molecule has 0 heterocycles. The van der Waals surface area contributed by atoms with E-state index in [4.69, 9.17) is 9.84 Å². The second kappa shape index (κ2) is 10.0. The minimum absolute atomic E-state index is 0.0722. The monoisotopic (exact) mass is 518 g/mol. The summed E-state index contributed by atoms with van der Waals surface area (Å²) in [5, 5.41) is 8.89. The van der Waals surface area contributed by atoms with E-state index in [0.29, 0.717) is 22.5 Å². The van der Waals surface area contributed by atoms with E-state index in [-0.39, 0.29) is 16.9 Å². The number of aliphatic carboxylic acids is 1. The molecule has 33 heavy (non-hydrogen) atoms. The van der Waals surface area contributed by atoms with Gasteiger partial charge in [-0.2, -0.15) is 0 Å². The molecule has 1 aromatic rings. The van der Waals surface area contributed by atoms with Crippen molar-refractivity contribution in [2.75, 3.05) is 0 Å². The summed E-state index contributed by atoms with van der Waals surface area (Å²) in [6.07, 6.45) is 6.94. The summed E-state index contributed by atoms with van der Waals surface area (Å²) in [7, 11) is 0. The first-order valence-corrected chi connectivity index (χ1v) is 12.1. The molecule has 0 aromatic heterocycles. The number of hydrogen-bond donors (Lipinski definition) is 1. The van der Waals surface area contributed by atoms with Gasteiger partial charge < -0.3 is 9.84 Å². The lowest BCUT2D eigenvalue weighted by atomic mass is 9.67. The van der Waals surface area contributed by atoms with Gasteiger partial charge in [-0.15, -0.1) is 0 Å². The Morgan fingerprint density at radius 3 is 2.36 bits per heavy atom. The third-order valence-electron chi connectivity index (χ3n) is 5.77. The number of halogens is 2. The Labute approximate surface area is 206 Å². The fraction of sp³-hybridized carbons (Fsp3) is 0.464. The van der Waals surface area contributed by atoms with E-state index in [9.17, 15) is 4.79 Å². The van der Waals surface area contributed by atoms with Crippen LogP contribution in [0.2, 0.25) is 0 Å². The zero-order valence-corrected chi connectivity index (χ0v) is 22.8. The van der Waals surface area contributed by atoms with Crippen LogP contribution >= 0.6 is 15.9 Å². The second-order valence-electron chi connectivity index (χ2n) is 10.6. The number of carboxylic acid groups (broad SMARTS) is 1. The van der Waals surface area contributed by atoms with Crippen molar-refractivity contribution in [1.82, 2.24) is 0 Å². The van der Waals surface area contributed by atoms with Crippen molar-refractivity contribution in [3.8, 4) is 5.75 Å². The van der Waals surface area contributed by atoms with Crippen molar-refractivity contribution < 1.29 is 19.0 Å². The van der Waals surface area contributed by atoms with Crippen molar-refractivity contribution in [1.29, 1.82) is 0 Å². The lowest BCUT2D eigenvalue weighted by Crippen LogP contribution is -2.26. The molecule has 1 aliphatic carbocycles. The molecule has 0 aliphatic heterocycles. The van der Waals surface area contributed by atoms with Crippen molar-refractivity contribution >= 4 is 33.0 Å². The fourth-order valence-electron chi connectivity index (χ4n) is 4.12. The van der Waals surface area contributed by atoms with Gasteiger partial charge in [-0.1, -0.05) is 46.8 Å². The topological polar surface area (TPSA) is 46.5 Å². The summed E-state index contributed by atoms with van der Waals surface area (Å²) >= 11 is 3.83. The molecule has 0 unspecified atom stereocenters. The van der Waals surface area contributed by atoms with Crippen LogP contribution in [-0.2, 0) is 10.2 Å². The van der Waals surface area contributed by atoms with E-state index in [1.165, 1.54) is 23.3 Å². The van der Waals surface area contributed by atoms with Crippen LogP contribution in [0.3, 0.4) is 0 Å². The summed E-state index contributed by atoms with van der Waals surface area (Å²) in [6.45, 7) is 18.3. The third-order valence-corrected chi connectivity index (χ3v) is 6.53. The maximum absolute atomic E-state index is 15.3. The number of benzene rings is 1. The Balaban J connectivity index is 2.82. The Hall–Kier alpha value is -2.14. The molecule has 1 aromatic carbocycles. The average Bonchev–Trinajstić information content (AvgIpc) is 2.65.